The first-order valence-corrected chi connectivity index (χ1v) is 7.28. The zero-order valence-electron chi connectivity index (χ0n) is 13.3. The van der Waals surface area contributed by atoms with E-state index in [1.807, 2.05) is 24.3 Å². The van der Waals surface area contributed by atoms with Crippen LogP contribution in [0.5, 0.6) is 5.75 Å². The van der Waals surface area contributed by atoms with Crippen LogP contribution in [-0.2, 0) is 11.2 Å². The number of aliphatic hydroxyl groups excluding tert-OH is 1. The Morgan fingerprint density at radius 3 is 2.48 bits per heavy atom. The second-order valence-electron chi connectivity index (χ2n) is 5.32. The van der Waals surface area contributed by atoms with Crippen LogP contribution in [0.1, 0.15) is 19.4 Å². The molecule has 2 unspecified atom stereocenters. The lowest BCUT2D eigenvalue weighted by molar-refractivity contribution is -0.130. The molecular formula is C16H26N2O3. The van der Waals surface area contributed by atoms with Crippen LogP contribution < -0.4 is 10.1 Å². The lowest BCUT2D eigenvalue weighted by atomic mass is 10.2. The molecule has 1 aromatic rings. The molecule has 0 fully saturated rings. The second kappa shape index (κ2) is 8.64. The van der Waals surface area contributed by atoms with Crippen LogP contribution in [0, 0.1) is 0 Å². The van der Waals surface area contributed by atoms with Gasteiger partial charge in [-0.2, -0.15) is 0 Å². The molecule has 0 saturated heterocycles. The number of aliphatic hydroxyl groups is 1. The lowest BCUT2D eigenvalue weighted by Gasteiger charge is -2.20. The Hall–Kier alpha value is -1.59. The van der Waals surface area contributed by atoms with Gasteiger partial charge in [-0.05, 0) is 31.0 Å². The van der Waals surface area contributed by atoms with Crippen LogP contribution in [-0.4, -0.2) is 55.3 Å². The van der Waals surface area contributed by atoms with E-state index >= 15 is 0 Å². The number of aryl methyl sites for hydroxylation is 1. The Bertz CT molecular complexity index is 432. The quantitative estimate of drug-likeness (QED) is 0.752. The summed E-state index contributed by atoms with van der Waals surface area (Å²) in [6, 6.07) is 7.50. The molecule has 0 aliphatic carbocycles. The molecule has 118 valence electrons. The monoisotopic (exact) mass is 294 g/mol. The highest BCUT2D eigenvalue weighted by Gasteiger charge is 2.15. The van der Waals surface area contributed by atoms with E-state index in [2.05, 4.69) is 12.2 Å². The molecular weight excluding hydrogens is 268 g/mol. The van der Waals surface area contributed by atoms with Gasteiger partial charge in [-0.15, -0.1) is 0 Å². The summed E-state index contributed by atoms with van der Waals surface area (Å²) in [6.07, 6.45) is 0.332. The minimum atomic E-state index is -0.659. The maximum atomic E-state index is 11.6. The number of carbonyl (C=O) groups excluding carboxylic acids is 1. The molecule has 0 spiro atoms. The molecule has 0 radical (unpaired) electrons. The zero-order valence-corrected chi connectivity index (χ0v) is 13.3. The van der Waals surface area contributed by atoms with Crippen LogP contribution in [0.25, 0.3) is 0 Å². The summed E-state index contributed by atoms with van der Waals surface area (Å²) in [5, 5.41) is 12.9. The van der Waals surface area contributed by atoms with Gasteiger partial charge in [-0.1, -0.05) is 19.1 Å². The Labute approximate surface area is 126 Å². The molecule has 5 nitrogen and oxygen atoms in total. The van der Waals surface area contributed by atoms with Crippen molar-refractivity contribution in [2.24, 2.45) is 0 Å². The maximum absolute atomic E-state index is 11.6. The van der Waals surface area contributed by atoms with Crippen LogP contribution in [0.15, 0.2) is 24.3 Å². The van der Waals surface area contributed by atoms with Crippen LogP contribution in [0.4, 0.5) is 0 Å². The maximum Gasteiger partial charge on any atom is 0.238 e. The van der Waals surface area contributed by atoms with E-state index in [4.69, 9.17) is 4.74 Å². The molecule has 0 heterocycles. The standard InChI is InChI=1S/C16H26N2O3/c1-5-13-6-8-15(9-7-13)21-11-14(19)10-17-12(2)16(20)18(3)4/h6-9,12,14,17,19H,5,10-11H2,1-4H3. The first kappa shape index (κ1) is 17.5. The first-order valence-electron chi connectivity index (χ1n) is 7.28. The SMILES string of the molecule is CCc1ccc(OCC(O)CNC(C)C(=O)N(C)C)cc1. The Balaban J connectivity index is 2.30. The van der Waals surface area contributed by atoms with Gasteiger partial charge in [-0.3, -0.25) is 4.79 Å². The molecule has 1 amide bonds. The summed E-state index contributed by atoms with van der Waals surface area (Å²) in [5.41, 5.74) is 1.25. The summed E-state index contributed by atoms with van der Waals surface area (Å²) >= 11 is 0. The number of benzene rings is 1. The molecule has 0 aliphatic heterocycles. The van der Waals surface area contributed by atoms with Gasteiger partial charge in [0.05, 0.1) is 6.04 Å². The highest BCUT2D eigenvalue weighted by Crippen LogP contribution is 2.12. The predicted octanol–water partition coefficient (Wildman–Crippen LogP) is 1.05. The molecule has 0 bridgehead atoms. The highest BCUT2D eigenvalue weighted by molar-refractivity contribution is 5.80. The van der Waals surface area contributed by atoms with Gasteiger partial charge in [0.1, 0.15) is 18.5 Å². The van der Waals surface area contributed by atoms with Crippen molar-refractivity contribution >= 4 is 5.91 Å². The predicted molar refractivity (Wildman–Crippen MR) is 83.5 cm³/mol. The molecule has 21 heavy (non-hydrogen) atoms. The fraction of sp³-hybridized carbons (Fsp3) is 0.562. The topological polar surface area (TPSA) is 61.8 Å². The minimum Gasteiger partial charge on any atom is -0.491 e. The number of nitrogens with one attached hydrogen (secondary N) is 1. The van der Waals surface area contributed by atoms with E-state index in [0.717, 1.165) is 12.2 Å². The van der Waals surface area contributed by atoms with Gasteiger partial charge in [0.25, 0.3) is 0 Å². The minimum absolute atomic E-state index is 0.0155. The van der Waals surface area contributed by atoms with Gasteiger partial charge in [0.15, 0.2) is 0 Å². The third-order valence-electron chi connectivity index (χ3n) is 3.24. The third kappa shape index (κ3) is 6.14. The van der Waals surface area contributed by atoms with Crippen LogP contribution in [0.2, 0.25) is 0 Å². The van der Waals surface area contributed by atoms with E-state index in [9.17, 15) is 9.90 Å². The van der Waals surface area contributed by atoms with Gasteiger partial charge in [0, 0.05) is 20.6 Å². The van der Waals surface area contributed by atoms with Crippen molar-refractivity contribution in [3.05, 3.63) is 29.8 Å². The summed E-state index contributed by atoms with van der Waals surface area (Å²) in [5.74, 6) is 0.724. The van der Waals surface area contributed by atoms with E-state index < -0.39 is 6.10 Å². The average molecular weight is 294 g/mol. The number of carbonyl (C=O) groups is 1. The van der Waals surface area contributed by atoms with E-state index in [1.165, 1.54) is 10.5 Å². The van der Waals surface area contributed by atoms with E-state index in [1.54, 1.807) is 21.0 Å². The van der Waals surface area contributed by atoms with Crippen molar-refractivity contribution in [3.63, 3.8) is 0 Å². The summed E-state index contributed by atoms with van der Waals surface area (Å²) < 4.78 is 5.52. The molecule has 1 rings (SSSR count). The van der Waals surface area contributed by atoms with Gasteiger partial charge in [-0.25, -0.2) is 0 Å². The molecule has 0 saturated carbocycles. The largest absolute Gasteiger partial charge is 0.491 e. The van der Waals surface area contributed by atoms with Crippen LogP contribution >= 0.6 is 0 Å². The summed E-state index contributed by atoms with van der Waals surface area (Å²) in [4.78, 5) is 13.2. The number of rotatable bonds is 8. The number of ether oxygens (including phenoxy) is 1. The fourth-order valence-corrected chi connectivity index (χ4v) is 1.86. The Morgan fingerprint density at radius 2 is 1.95 bits per heavy atom. The van der Waals surface area contributed by atoms with Crippen molar-refractivity contribution < 1.29 is 14.6 Å². The van der Waals surface area contributed by atoms with Gasteiger partial charge < -0.3 is 20.1 Å². The first-order chi connectivity index (χ1) is 9.93. The molecule has 0 aromatic heterocycles. The van der Waals surface area contributed by atoms with Crippen molar-refractivity contribution in [3.8, 4) is 5.75 Å². The fourth-order valence-electron chi connectivity index (χ4n) is 1.86. The molecule has 2 N–H and O–H groups in total. The smallest absolute Gasteiger partial charge is 0.238 e. The Morgan fingerprint density at radius 1 is 1.33 bits per heavy atom. The van der Waals surface area contributed by atoms with Crippen molar-refractivity contribution in [1.82, 2.24) is 10.2 Å². The lowest BCUT2D eigenvalue weighted by Crippen LogP contribution is -2.45. The van der Waals surface area contributed by atoms with E-state index in [-0.39, 0.29) is 18.6 Å². The Kier molecular flexibility index (Phi) is 7.19. The normalized spacial score (nSPS) is 13.6. The summed E-state index contributed by atoms with van der Waals surface area (Å²) in [7, 11) is 3.42. The number of likely N-dealkylation sites (N-methyl/N-ethyl adjacent to an activating group) is 1. The molecule has 0 aliphatic rings. The van der Waals surface area contributed by atoms with Crippen LogP contribution in [0.3, 0.4) is 0 Å². The van der Waals surface area contributed by atoms with Crippen molar-refractivity contribution in [2.45, 2.75) is 32.4 Å². The molecule has 5 heteroatoms. The van der Waals surface area contributed by atoms with Crippen molar-refractivity contribution in [2.75, 3.05) is 27.2 Å². The summed E-state index contributed by atoms with van der Waals surface area (Å²) in [6.45, 7) is 4.38. The second-order valence-corrected chi connectivity index (χ2v) is 5.32. The number of nitrogens with zero attached hydrogens (tertiary/aromatic N) is 1. The van der Waals surface area contributed by atoms with Crippen molar-refractivity contribution in [1.29, 1.82) is 0 Å². The van der Waals surface area contributed by atoms with E-state index in [0.29, 0.717) is 6.54 Å². The number of hydrogen-bond acceptors (Lipinski definition) is 4. The zero-order chi connectivity index (χ0) is 15.8. The number of amides is 1. The average Bonchev–Trinajstić information content (AvgIpc) is 2.50. The van der Waals surface area contributed by atoms with Gasteiger partial charge >= 0.3 is 0 Å². The molecule has 1 aromatic carbocycles. The highest BCUT2D eigenvalue weighted by atomic mass is 16.5. The number of hydrogen-bond donors (Lipinski definition) is 2. The van der Waals surface area contributed by atoms with Gasteiger partial charge in [0.2, 0.25) is 5.91 Å². The molecule has 2 atom stereocenters. The third-order valence-corrected chi connectivity index (χ3v) is 3.24.